The molecule has 186 valence electrons. The lowest BCUT2D eigenvalue weighted by Gasteiger charge is -2.43. The first-order valence-electron chi connectivity index (χ1n) is 11.4. The van der Waals surface area contributed by atoms with Gasteiger partial charge in [0, 0.05) is 7.11 Å². The van der Waals surface area contributed by atoms with Crippen LogP contribution in [0.1, 0.15) is 38.0 Å². The van der Waals surface area contributed by atoms with Crippen molar-refractivity contribution in [2.24, 2.45) is 0 Å². The van der Waals surface area contributed by atoms with E-state index in [1.165, 1.54) is 7.11 Å². The normalized spacial score (nSPS) is 23.3. The second-order valence-corrected chi connectivity index (χ2v) is 8.15. The van der Waals surface area contributed by atoms with Crippen LogP contribution in [0.15, 0.2) is 91.0 Å². The molecule has 4 rings (SSSR count). The van der Waals surface area contributed by atoms with Gasteiger partial charge < -0.3 is 23.7 Å². The lowest BCUT2D eigenvalue weighted by atomic mass is 9.98. The molecular formula is C28H26O8. The van der Waals surface area contributed by atoms with Crippen molar-refractivity contribution < 1.29 is 38.1 Å². The molecule has 0 bridgehead atoms. The zero-order valence-corrected chi connectivity index (χ0v) is 19.8. The number of hydrogen-bond donors (Lipinski definition) is 0. The van der Waals surface area contributed by atoms with E-state index in [9.17, 15) is 14.4 Å². The highest BCUT2D eigenvalue weighted by molar-refractivity contribution is 5.91. The van der Waals surface area contributed by atoms with Gasteiger partial charge in [0.1, 0.15) is 0 Å². The summed E-state index contributed by atoms with van der Waals surface area (Å²) < 4.78 is 28.6. The van der Waals surface area contributed by atoms with Crippen LogP contribution in [-0.4, -0.2) is 55.7 Å². The van der Waals surface area contributed by atoms with Crippen molar-refractivity contribution in [1.82, 2.24) is 0 Å². The summed E-state index contributed by atoms with van der Waals surface area (Å²) in [6.07, 6.45) is -5.35. The first-order chi connectivity index (χ1) is 17.5. The fourth-order valence-electron chi connectivity index (χ4n) is 3.88. The van der Waals surface area contributed by atoms with Crippen molar-refractivity contribution in [2.75, 3.05) is 7.11 Å². The smallest absolute Gasteiger partial charge is 0.338 e. The number of esters is 3. The standard InChI is InChI=1S/C28H26O8/c1-18-22(34-25(29)19-12-6-3-7-13-19)23(35-26(30)20-14-8-4-9-15-20)24(28(32-2)33-18)36-27(31)21-16-10-5-11-17-21/h3-18,22-24,28H,1-2H3/t18-,22+,23+,24-,28+/m0/s1. The Morgan fingerprint density at radius 1 is 0.583 bits per heavy atom. The van der Waals surface area contributed by atoms with Gasteiger partial charge in [0.25, 0.3) is 0 Å². The van der Waals surface area contributed by atoms with Crippen LogP contribution in [0, 0.1) is 0 Å². The average molecular weight is 491 g/mol. The monoisotopic (exact) mass is 490 g/mol. The molecule has 1 heterocycles. The minimum atomic E-state index is -1.22. The Balaban J connectivity index is 1.66. The van der Waals surface area contributed by atoms with Crippen LogP contribution in [0.3, 0.4) is 0 Å². The molecule has 3 aromatic rings. The van der Waals surface area contributed by atoms with E-state index in [0.29, 0.717) is 5.56 Å². The summed E-state index contributed by atoms with van der Waals surface area (Å²) in [6, 6.07) is 25.1. The molecule has 0 saturated carbocycles. The Morgan fingerprint density at radius 2 is 0.944 bits per heavy atom. The summed E-state index contributed by atoms with van der Waals surface area (Å²) in [7, 11) is 1.38. The van der Waals surface area contributed by atoms with Crippen LogP contribution in [-0.2, 0) is 23.7 Å². The van der Waals surface area contributed by atoms with E-state index >= 15 is 0 Å². The zero-order valence-electron chi connectivity index (χ0n) is 19.8. The Hall–Kier alpha value is -4.01. The predicted octanol–water partition coefficient (Wildman–Crippen LogP) is 4.05. The first-order valence-corrected chi connectivity index (χ1v) is 11.4. The van der Waals surface area contributed by atoms with Gasteiger partial charge in [0.2, 0.25) is 0 Å². The summed E-state index contributed by atoms with van der Waals surface area (Å²) in [4.78, 5) is 38.9. The molecule has 0 N–H and O–H groups in total. The quantitative estimate of drug-likeness (QED) is 0.361. The van der Waals surface area contributed by atoms with Gasteiger partial charge in [0.05, 0.1) is 22.8 Å². The highest BCUT2D eigenvalue weighted by Gasteiger charge is 2.51. The molecule has 0 aliphatic carbocycles. The highest BCUT2D eigenvalue weighted by Crippen LogP contribution is 2.30. The number of benzene rings is 3. The van der Waals surface area contributed by atoms with Crippen molar-refractivity contribution in [3.05, 3.63) is 108 Å². The molecule has 8 heteroatoms. The summed E-state index contributed by atoms with van der Waals surface area (Å²) in [5, 5.41) is 0. The van der Waals surface area contributed by atoms with Crippen LogP contribution in [0.25, 0.3) is 0 Å². The molecule has 1 saturated heterocycles. The lowest BCUT2D eigenvalue weighted by molar-refractivity contribution is -0.283. The number of hydrogen-bond acceptors (Lipinski definition) is 8. The van der Waals surface area contributed by atoms with Crippen molar-refractivity contribution in [2.45, 2.75) is 37.6 Å². The number of methoxy groups -OCH3 is 1. The van der Waals surface area contributed by atoms with Crippen LogP contribution in [0.4, 0.5) is 0 Å². The van der Waals surface area contributed by atoms with E-state index in [1.54, 1.807) is 97.9 Å². The topological polar surface area (TPSA) is 97.4 Å². The molecule has 0 spiro atoms. The molecule has 0 aromatic heterocycles. The van der Waals surface area contributed by atoms with Crippen molar-refractivity contribution in [3.8, 4) is 0 Å². The van der Waals surface area contributed by atoms with E-state index in [1.807, 2.05) is 0 Å². The predicted molar refractivity (Wildman–Crippen MR) is 128 cm³/mol. The maximum Gasteiger partial charge on any atom is 0.338 e. The highest BCUT2D eigenvalue weighted by atomic mass is 16.7. The largest absolute Gasteiger partial charge is 0.452 e. The summed E-state index contributed by atoms with van der Waals surface area (Å²) in [6.45, 7) is 1.66. The van der Waals surface area contributed by atoms with Gasteiger partial charge >= 0.3 is 17.9 Å². The fourth-order valence-corrected chi connectivity index (χ4v) is 3.88. The van der Waals surface area contributed by atoms with Gasteiger partial charge in [-0.25, -0.2) is 14.4 Å². The number of carbonyl (C=O) groups is 3. The van der Waals surface area contributed by atoms with E-state index in [4.69, 9.17) is 23.7 Å². The third-order valence-corrected chi connectivity index (χ3v) is 5.72. The minimum absolute atomic E-state index is 0.284. The van der Waals surface area contributed by atoms with E-state index in [2.05, 4.69) is 0 Å². The first kappa shape index (κ1) is 25.1. The van der Waals surface area contributed by atoms with Gasteiger partial charge in [-0.1, -0.05) is 54.6 Å². The van der Waals surface area contributed by atoms with Gasteiger partial charge in [-0.15, -0.1) is 0 Å². The van der Waals surface area contributed by atoms with Gasteiger partial charge in [-0.3, -0.25) is 0 Å². The molecule has 5 atom stereocenters. The van der Waals surface area contributed by atoms with Crippen LogP contribution in [0.5, 0.6) is 0 Å². The maximum absolute atomic E-state index is 13.0. The molecule has 0 radical (unpaired) electrons. The molecule has 1 fully saturated rings. The Morgan fingerprint density at radius 3 is 1.33 bits per heavy atom. The Kier molecular flexibility index (Phi) is 8.10. The van der Waals surface area contributed by atoms with Crippen LogP contribution >= 0.6 is 0 Å². The minimum Gasteiger partial charge on any atom is -0.452 e. The molecular weight excluding hydrogens is 464 g/mol. The fraction of sp³-hybridized carbons (Fsp3) is 0.250. The van der Waals surface area contributed by atoms with E-state index in [-0.39, 0.29) is 11.1 Å². The SMILES string of the molecule is CO[C@@H]1O[C@@H](C)[C@@H](OC(=O)c2ccccc2)[C@@H](OC(=O)c2ccccc2)[C@@H]1OC(=O)c1ccccc1. The molecule has 0 unspecified atom stereocenters. The van der Waals surface area contributed by atoms with E-state index in [0.717, 1.165) is 0 Å². The van der Waals surface area contributed by atoms with Crippen molar-refractivity contribution >= 4 is 17.9 Å². The average Bonchev–Trinajstić information content (AvgIpc) is 2.93. The molecule has 36 heavy (non-hydrogen) atoms. The Bertz CT molecular complexity index is 1170. The van der Waals surface area contributed by atoms with Crippen LogP contribution in [0.2, 0.25) is 0 Å². The summed E-state index contributed by atoms with van der Waals surface area (Å²) in [5.74, 6) is -1.98. The third kappa shape index (κ3) is 5.79. The number of carbonyl (C=O) groups excluding carboxylic acids is 3. The Labute approximate surface area is 208 Å². The molecule has 1 aliphatic heterocycles. The molecule has 8 nitrogen and oxygen atoms in total. The van der Waals surface area contributed by atoms with Crippen LogP contribution < -0.4 is 0 Å². The third-order valence-electron chi connectivity index (χ3n) is 5.72. The summed E-state index contributed by atoms with van der Waals surface area (Å²) in [5.41, 5.74) is 0.883. The second-order valence-electron chi connectivity index (χ2n) is 8.15. The van der Waals surface area contributed by atoms with Gasteiger partial charge in [-0.05, 0) is 43.3 Å². The van der Waals surface area contributed by atoms with Gasteiger partial charge in [0.15, 0.2) is 24.6 Å². The summed E-state index contributed by atoms with van der Waals surface area (Å²) >= 11 is 0. The van der Waals surface area contributed by atoms with Crippen molar-refractivity contribution in [3.63, 3.8) is 0 Å². The maximum atomic E-state index is 13.0. The van der Waals surface area contributed by atoms with Crippen molar-refractivity contribution in [1.29, 1.82) is 0 Å². The number of rotatable bonds is 7. The van der Waals surface area contributed by atoms with E-state index < -0.39 is 48.6 Å². The molecule has 1 aliphatic rings. The molecule has 3 aromatic carbocycles. The zero-order chi connectivity index (χ0) is 25.5. The lowest BCUT2D eigenvalue weighted by Crippen LogP contribution is -2.61. The number of ether oxygens (including phenoxy) is 5. The van der Waals surface area contributed by atoms with Gasteiger partial charge in [-0.2, -0.15) is 0 Å². The molecule has 0 amide bonds. The second kappa shape index (κ2) is 11.6.